The highest BCUT2D eigenvalue weighted by Crippen LogP contribution is 2.27. The first-order chi connectivity index (χ1) is 22.0. The van der Waals surface area contributed by atoms with Gasteiger partial charge >= 0.3 is 0 Å². The second kappa shape index (κ2) is 15.7. The van der Waals surface area contributed by atoms with E-state index in [1.165, 1.54) is 19.3 Å². The van der Waals surface area contributed by atoms with Crippen molar-refractivity contribution in [3.63, 3.8) is 0 Å². The van der Waals surface area contributed by atoms with Crippen LogP contribution >= 0.6 is 0 Å². The number of carbonyl (C=O) groups is 1. The summed E-state index contributed by atoms with van der Waals surface area (Å²) in [6, 6.07) is 16.1. The molecule has 4 aromatic rings. The molecule has 4 heterocycles. The number of para-hydroxylation sites is 2. The molecule has 0 unspecified atom stereocenters. The third-order valence-corrected chi connectivity index (χ3v) is 9.67. The summed E-state index contributed by atoms with van der Waals surface area (Å²) < 4.78 is 15.3. The molecule has 0 atom stereocenters. The van der Waals surface area contributed by atoms with Gasteiger partial charge in [0, 0.05) is 44.7 Å². The fourth-order valence-electron chi connectivity index (χ4n) is 7.04. The summed E-state index contributed by atoms with van der Waals surface area (Å²) in [5.74, 6) is 1.62. The van der Waals surface area contributed by atoms with Gasteiger partial charge in [-0.05, 0) is 49.6 Å². The molecule has 1 amide bonds. The monoisotopic (exact) mass is 650 g/mol. The average molecular weight is 651 g/mol. The Morgan fingerprint density at radius 3 is 2.57 bits per heavy atom. The van der Waals surface area contributed by atoms with Crippen LogP contribution in [0.25, 0.3) is 16.7 Å². The Morgan fingerprint density at radius 2 is 1.78 bits per heavy atom. The number of nitrogens with one attached hydrogen (secondary N) is 1. The van der Waals surface area contributed by atoms with E-state index in [2.05, 4.69) is 17.0 Å². The molecule has 1 N–H and O–H groups in total. The lowest BCUT2D eigenvalue weighted by Gasteiger charge is -2.34. The van der Waals surface area contributed by atoms with Gasteiger partial charge in [-0.2, -0.15) is 4.98 Å². The van der Waals surface area contributed by atoms with Crippen molar-refractivity contribution in [3.8, 4) is 11.6 Å². The van der Waals surface area contributed by atoms with Crippen LogP contribution < -0.4 is 37.2 Å². The van der Waals surface area contributed by atoms with E-state index in [1.54, 1.807) is 12.0 Å². The number of aryl methyl sites for hydroxylation is 1. The van der Waals surface area contributed by atoms with Crippen LogP contribution in [0.2, 0.25) is 0 Å². The number of quaternary nitrogens is 1. The molecule has 1 aromatic carbocycles. The number of rotatable bonds is 12. The van der Waals surface area contributed by atoms with E-state index < -0.39 is 0 Å². The van der Waals surface area contributed by atoms with Gasteiger partial charge in [0.1, 0.15) is 11.3 Å². The predicted octanol–water partition coefficient (Wildman–Crippen LogP) is 0.407. The predicted molar refractivity (Wildman–Crippen MR) is 177 cm³/mol. The normalized spacial score (nSPS) is 16.0. The van der Waals surface area contributed by atoms with Crippen molar-refractivity contribution in [3.05, 3.63) is 65.1 Å². The van der Waals surface area contributed by atoms with Gasteiger partial charge in [-0.25, -0.2) is 0 Å². The number of carbonyl (C=O) groups excluding carboxylic acids is 1. The lowest BCUT2D eigenvalue weighted by atomic mass is 9.94. The van der Waals surface area contributed by atoms with Gasteiger partial charge in [0.25, 0.3) is 5.56 Å². The van der Waals surface area contributed by atoms with E-state index in [4.69, 9.17) is 14.5 Å². The molecular formula is C35H47ClN6O4. The standard InChI is InChI=1S/C35H46N6O4.ClH/c1-37(27-11-4-3-5-12-27)33(42)16-9-26-45-32-18-17-29-34(36-32)40-20-8-14-30(40)35(43)41(29)21-10-19-38-22-24-39(25-23-38)28-13-6-7-15-31(28)44-2;/h6-8,13-15,17-18,20,27H,3-5,9-12,16,19,21-26H2,1-2H3;1H. The lowest BCUT2D eigenvalue weighted by molar-refractivity contribution is -0.900. The van der Waals surface area contributed by atoms with Crippen LogP contribution in [0.4, 0.5) is 5.69 Å². The molecule has 3 aromatic heterocycles. The third kappa shape index (κ3) is 7.44. The van der Waals surface area contributed by atoms with Crippen LogP contribution in [0, 0.1) is 0 Å². The molecular weight excluding hydrogens is 604 g/mol. The molecule has 11 heteroatoms. The van der Waals surface area contributed by atoms with E-state index in [9.17, 15) is 9.59 Å². The van der Waals surface area contributed by atoms with Gasteiger partial charge in [-0.1, -0.05) is 31.4 Å². The maximum atomic E-state index is 13.5. The first kappa shape index (κ1) is 33.6. The van der Waals surface area contributed by atoms with Gasteiger partial charge in [0.05, 0.1) is 57.6 Å². The van der Waals surface area contributed by atoms with E-state index in [0.29, 0.717) is 49.1 Å². The van der Waals surface area contributed by atoms with Gasteiger partial charge < -0.3 is 41.1 Å². The molecule has 2 fully saturated rings. The summed E-state index contributed by atoms with van der Waals surface area (Å²) in [7, 11) is 3.67. The largest absolute Gasteiger partial charge is 1.00 e. The number of ether oxygens (including phenoxy) is 2. The summed E-state index contributed by atoms with van der Waals surface area (Å²) >= 11 is 0. The second-order valence-corrected chi connectivity index (χ2v) is 12.5. The number of anilines is 1. The molecule has 248 valence electrons. The minimum atomic E-state index is -0.000409. The van der Waals surface area contributed by atoms with Crippen LogP contribution in [0.5, 0.6) is 11.6 Å². The zero-order valence-corrected chi connectivity index (χ0v) is 27.9. The quantitative estimate of drug-likeness (QED) is 0.224. The molecule has 0 radical (unpaired) electrons. The van der Waals surface area contributed by atoms with Gasteiger partial charge in [0.2, 0.25) is 11.8 Å². The number of amides is 1. The van der Waals surface area contributed by atoms with Crippen LogP contribution in [-0.2, 0) is 11.3 Å². The number of hydrogen-bond donors (Lipinski definition) is 1. The van der Waals surface area contributed by atoms with E-state index in [-0.39, 0.29) is 23.9 Å². The molecule has 46 heavy (non-hydrogen) atoms. The first-order valence-corrected chi connectivity index (χ1v) is 16.6. The van der Waals surface area contributed by atoms with Gasteiger partial charge in [0.15, 0.2) is 5.65 Å². The number of methoxy groups -OCH3 is 1. The van der Waals surface area contributed by atoms with Gasteiger partial charge in [-0.3, -0.25) is 14.0 Å². The van der Waals surface area contributed by atoms with Crippen LogP contribution in [-0.4, -0.2) is 84.3 Å². The Labute approximate surface area is 277 Å². The maximum absolute atomic E-state index is 13.5. The van der Waals surface area contributed by atoms with Crippen molar-refractivity contribution >= 4 is 28.3 Å². The van der Waals surface area contributed by atoms with E-state index in [1.807, 2.05) is 63.5 Å². The first-order valence-electron chi connectivity index (χ1n) is 16.6. The van der Waals surface area contributed by atoms with Crippen molar-refractivity contribution in [1.82, 2.24) is 18.9 Å². The fourth-order valence-corrected chi connectivity index (χ4v) is 7.04. The van der Waals surface area contributed by atoms with Crippen molar-refractivity contribution in [2.45, 2.75) is 64.0 Å². The zero-order chi connectivity index (χ0) is 31.2. The Bertz CT molecular complexity index is 1660. The molecule has 1 aliphatic carbocycles. The number of pyridine rings is 1. The molecule has 0 spiro atoms. The highest BCUT2D eigenvalue weighted by molar-refractivity contribution is 5.76. The number of piperazine rings is 1. The molecule has 0 bridgehead atoms. The summed E-state index contributed by atoms with van der Waals surface area (Å²) in [5.41, 5.74) is 3.28. The van der Waals surface area contributed by atoms with Crippen molar-refractivity contribution in [2.75, 3.05) is 58.4 Å². The summed E-state index contributed by atoms with van der Waals surface area (Å²) in [6.45, 7) is 6.12. The zero-order valence-electron chi connectivity index (χ0n) is 27.1. The van der Waals surface area contributed by atoms with Crippen LogP contribution in [0.3, 0.4) is 0 Å². The summed E-state index contributed by atoms with van der Waals surface area (Å²) in [6.07, 6.45) is 9.83. The summed E-state index contributed by atoms with van der Waals surface area (Å²) in [4.78, 5) is 36.9. The van der Waals surface area contributed by atoms with Gasteiger partial charge in [-0.15, -0.1) is 0 Å². The number of aromatic nitrogens is 3. The minimum Gasteiger partial charge on any atom is -1.00 e. The van der Waals surface area contributed by atoms with E-state index in [0.717, 1.165) is 68.9 Å². The smallest absolute Gasteiger partial charge is 0.275 e. The lowest BCUT2D eigenvalue weighted by Crippen LogP contribution is -3.14. The Balaban J connectivity index is 0.00000417. The Kier molecular flexibility index (Phi) is 11.5. The SMILES string of the molecule is COc1ccccc1N1CC[NH+](CCCn2c(=O)c3cccn3c3nc(OCCCC(=O)N(C)C4CCCCC4)ccc32)CC1.[Cl-]. The van der Waals surface area contributed by atoms with Crippen molar-refractivity contribution in [1.29, 1.82) is 0 Å². The number of hydrogen-bond acceptors (Lipinski definition) is 6. The Morgan fingerprint density at radius 1 is 1.00 bits per heavy atom. The third-order valence-electron chi connectivity index (χ3n) is 9.67. The van der Waals surface area contributed by atoms with Crippen LogP contribution in [0.1, 0.15) is 51.4 Å². The molecule has 2 aliphatic rings. The maximum Gasteiger partial charge on any atom is 0.275 e. The molecule has 6 rings (SSSR count). The fraction of sp³-hybridized carbons (Fsp3) is 0.514. The van der Waals surface area contributed by atoms with Crippen LogP contribution in [0.15, 0.2) is 59.5 Å². The minimum absolute atomic E-state index is 0. The number of benzene rings is 1. The number of halogens is 1. The molecule has 1 saturated heterocycles. The highest BCUT2D eigenvalue weighted by atomic mass is 35.5. The number of fused-ring (bicyclic) bond motifs is 3. The average Bonchev–Trinajstić information content (AvgIpc) is 3.59. The van der Waals surface area contributed by atoms with Crippen molar-refractivity contribution in [2.24, 2.45) is 0 Å². The number of nitrogens with zero attached hydrogens (tertiary/aromatic N) is 5. The Hall–Kier alpha value is -3.76. The molecule has 1 saturated carbocycles. The molecule has 1 aliphatic heterocycles. The second-order valence-electron chi connectivity index (χ2n) is 12.5. The topological polar surface area (TPSA) is 85.7 Å². The van der Waals surface area contributed by atoms with E-state index >= 15 is 0 Å². The summed E-state index contributed by atoms with van der Waals surface area (Å²) in [5, 5.41) is 0. The highest BCUT2D eigenvalue weighted by Gasteiger charge is 2.23. The molecule has 10 nitrogen and oxygen atoms in total. The van der Waals surface area contributed by atoms with Crippen molar-refractivity contribution < 1.29 is 31.6 Å².